The summed E-state index contributed by atoms with van der Waals surface area (Å²) in [6.07, 6.45) is 0. The summed E-state index contributed by atoms with van der Waals surface area (Å²) in [7, 11) is 26.3. The maximum absolute atomic E-state index is 13.3. The smallest absolute Gasteiger partial charge is 0.321 e. The Labute approximate surface area is 260 Å². The standard InChI is InChI=1S/C26H48N14O4/c1-27-23(31(5)6)35(13)17-18(36(14)24(28-2)32(7)8)22(40(43)44)20(38(16)26(30-4)34(11)12)19(21(17)39(41)42)37(15)25(29-3)33(9)10/h1-16H3. The van der Waals surface area contributed by atoms with Crippen molar-refractivity contribution in [2.45, 2.75) is 0 Å². The number of hydrogen-bond donors (Lipinski definition) is 0. The van der Waals surface area contributed by atoms with Crippen LogP contribution in [0, 0.1) is 20.2 Å². The SMILES string of the molecule is CN=C(N(C)C)N(C)c1c(N(C)C(=NC)N(C)C)c([N+](=O)[O-])c(N(C)C(=NC)N(C)C)c(N(C)C(=NC)N(C)C)c1[N+](=O)[O-]. The third-order valence-electron chi connectivity index (χ3n) is 6.65. The summed E-state index contributed by atoms with van der Waals surface area (Å²) in [5, 5.41) is 26.7. The Kier molecular flexibility index (Phi) is 12.7. The van der Waals surface area contributed by atoms with Gasteiger partial charge in [-0.2, -0.15) is 0 Å². The molecule has 0 N–H and O–H groups in total. The van der Waals surface area contributed by atoms with Crippen LogP contribution < -0.4 is 19.6 Å². The zero-order valence-electron chi connectivity index (χ0n) is 28.9. The van der Waals surface area contributed by atoms with Gasteiger partial charge in [0.15, 0.2) is 46.6 Å². The van der Waals surface area contributed by atoms with Crippen LogP contribution in [0.3, 0.4) is 0 Å². The summed E-state index contributed by atoms with van der Waals surface area (Å²) in [6.45, 7) is 0. The number of guanidine groups is 4. The molecule has 0 fully saturated rings. The van der Waals surface area contributed by atoms with Gasteiger partial charge in [0, 0.05) is 113 Å². The lowest BCUT2D eigenvalue weighted by atomic mass is 10.0. The number of aliphatic imine (C=N–C) groups is 4. The van der Waals surface area contributed by atoms with Crippen LogP contribution in [-0.4, -0.2) is 166 Å². The highest BCUT2D eigenvalue weighted by atomic mass is 16.6. The second-order valence-corrected chi connectivity index (χ2v) is 10.5. The number of rotatable bonds is 6. The second-order valence-electron chi connectivity index (χ2n) is 10.5. The minimum Gasteiger partial charge on any atom is -0.349 e. The zero-order valence-corrected chi connectivity index (χ0v) is 28.9. The van der Waals surface area contributed by atoms with Gasteiger partial charge in [0.05, 0.1) is 9.85 Å². The van der Waals surface area contributed by atoms with Crippen LogP contribution in [-0.2, 0) is 0 Å². The molecule has 0 atom stereocenters. The van der Waals surface area contributed by atoms with Gasteiger partial charge < -0.3 is 39.2 Å². The van der Waals surface area contributed by atoms with Crippen molar-refractivity contribution in [3.8, 4) is 0 Å². The second kappa shape index (κ2) is 15.0. The minimum atomic E-state index is -0.543. The van der Waals surface area contributed by atoms with Crippen LogP contribution >= 0.6 is 0 Å². The van der Waals surface area contributed by atoms with E-state index in [1.807, 2.05) is 0 Å². The lowest BCUT2D eigenvalue weighted by Crippen LogP contribution is -2.44. The summed E-state index contributed by atoms with van der Waals surface area (Å²) in [6, 6.07) is 0. The molecule has 0 saturated heterocycles. The number of nitro groups is 2. The molecule has 0 aliphatic heterocycles. The lowest BCUT2D eigenvalue weighted by Gasteiger charge is -2.36. The van der Waals surface area contributed by atoms with Crippen molar-refractivity contribution in [1.82, 2.24) is 19.6 Å². The first-order chi connectivity index (χ1) is 20.4. The van der Waals surface area contributed by atoms with Crippen LogP contribution in [0.2, 0.25) is 0 Å². The van der Waals surface area contributed by atoms with E-state index in [-0.39, 0.29) is 22.7 Å². The number of hydrogen-bond acceptors (Lipinski definition) is 8. The molecule has 0 aliphatic carbocycles. The largest absolute Gasteiger partial charge is 0.349 e. The van der Waals surface area contributed by atoms with Gasteiger partial charge in [-0.05, 0) is 0 Å². The molecular weight excluding hydrogens is 572 g/mol. The fourth-order valence-electron chi connectivity index (χ4n) is 5.29. The van der Waals surface area contributed by atoms with Crippen molar-refractivity contribution < 1.29 is 9.85 Å². The van der Waals surface area contributed by atoms with Crippen LogP contribution in [0.1, 0.15) is 0 Å². The number of nitrogens with zero attached hydrogens (tertiary/aromatic N) is 14. The monoisotopic (exact) mass is 620 g/mol. The minimum absolute atomic E-state index is 0.0745. The summed E-state index contributed by atoms with van der Waals surface area (Å²) >= 11 is 0. The van der Waals surface area contributed by atoms with E-state index in [0.717, 1.165) is 0 Å². The fourth-order valence-corrected chi connectivity index (χ4v) is 5.29. The van der Waals surface area contributed by atoms with Gasteiger partial charge >= 0.3 is 11.4 Å². The van der Waals surface area contributed by atoms with E-state index in [1.54, 1.807) is 132 Å². The van der Waals surface area contributed by atoms with Crippen molar-refractivity contribution in [2.75, 3.05) is 132 Å². The van der Waals surface area contributed by atoms with E-state index in [2.05, 4.69) is 20.0 Å². The molecule has 1 aromatic carbocycles. The maximum Gasteiger partial charge on any atom is 0.321 e. The van der Waals surface area contributed by atoms with E-state index in [4.69, 9.17) is 0 Å². The third-order valence-corrected chi connectivity index (χ3v) is 6.65. The molecule has 0 spiro atoms. The van der Waals surface area contributed by atoms with Gasteiger partial charge in [0.25, 0.3) is 0 Å². The van der Waals surface area contributed by atoms with Crippen LogP contribution in [0.5, 0.6) is 0 Å². The molecule has 1 rings (SSSR count). The predicted molar refractivity (Wildman–Crippen MR) is 182 cm³/mol. The Bertz CT molecular complexity index is 1160. The van der Waals surface area contributed by atoms with Crippen LogP contribution in [0.15, 0.2) is 20.0 Å². The van der Waals surface area contributed by atoms with Crippen LogP contribution in [0.4, 0.5) is 34.1 Å². The van der Waals surface area contributed by atoms with Crippen LogP contribution in [0.25, 0.3) is 0 Å². The highest BCUT2D eigenvalue weighted by molar-refractivity contribution is 6.18. The summed E-state index contributed by atoms with van der Waals surface area (Å²) in [5.74, 6) is 1.25. The molecule has 246 valence electrons. The van der Waals surface area contributed by atoms with Gasteiger partial charge in [-0.3, -0.25) is 40.2 Å². The Hall–Kier alpha value is -4.90. The van der Waals surface area contributed by atoms with Gasteiger partial charge in [0.1, 0.15) is 0 Å². The lowest BCUT2D eigenvalue weighted by molar-refractivity contribution is -0.386. The molecule has 0 saturated carbocycles. The normalized spacial score (nSPS) is 12.5. The summed E-state index contributed by atoms with van der Waals surface area (Å²) < 4.78 is 0. The van der Waals surface area contributed by atoms with Crippen molar-refractivity contribution in [3.63, 3.8) is 0 Å². The average molecular weight is 621 g/mol. The first kappa shape index (κ1) is 37.1. The van der Waals surface area contributed by atoms with Crippen molar-refractivity contribution in [1.29, 1.82) is 0 Å². The predicted octanol–water partition coefficient (Wildman–Crippen LogP) is 1.44. The Morgan fingerprint density at radius 1 is 0.432 bits per heavy atom. The molecule has 44 heavy (non-hydrogen) atoms. The molecule has 0 bridgehead atoms. The van der Waals surface area contributed by atoms with E-state index in [0.29, 0.717) is 23.8 Å². The molecule has 0 radical (unpaired) electrons. The van der Waals surface area contributed by atoms with Gasteiger partial charge in [-0.25, -0.2) is 0 Å². The number of benzene rings is 1. The molecule has 0 aliphatic rings. The van der Waals surface area contributed by atoms with Gasteiger partial charge in [0.2, 0.25) is 0 Å². The molecule has 0 amide bonds. The van der Waals surface area contributed by atoms with E-state index >= 15 is 0 Å². The van der Waals surface area contributed by atoms with E-state index < -0.39 is 21.2 Å². The Morgan fingerprint density at radius 3 is 0.682 bits per heavy atom. The summed E-state index contributed by atoms with van der Waals surface area (Å²) in [5.41, 5.74) is -1.13. The zero-order chi connectivity index (χ0) is 34.4. The average Bonchev–Trinajstić information content (AvgIpc) is 2.91. The Balaban J connectivity index is 5.04. The van der Waals surface area contributed by atoms with Crippen molar-refractivity contribution in [2.24, 2.45) is 20.0 Å². The maximum atomic E-state index is 13.3. The molecule has 0 aromatic heterocycles. The molecule has 0 heterocycles. The molecular formula is C26H48N14O4. The third kappa shape index (κ3) is 7.00. The van der Waals surface area contributed by atoms with E-state index in [1.165, 1.54) is 19.6 Å². The molecule has 1 aromatic rings. The summed E-state index contributed by atoms with van der Waals surface area (Å²) in [4.78, 5) is 55.6. The first-order valence-corrected chi connectivity index (χ1v) is 13.4. The van der Waals surface area contributed by atoms with Crippen molar-refractivity contribution in [3.05, 3.63) is 20.2 Å². The quantitative estimate of drug-likeness (QED) is 0.195. The van der Waals surface area contributed by atoms with E-state index in [9.17, 15) is 20.2 Å². The van der Waals surface area contributed by atoms with Crippen molar-refractivity contribution >= 4 is 58.0 Å². The number of nitro benzene ring substituents is 2. The number of anilines is 4. The topological polar surface area (TPSA) is 162 Å². The highest BCUT2D eigenvalue weighted by Gasteiger charge is 2.45. The molecule has 18 heteroatoms. The molecule has 18 nitrogen and oxygen atoms in total. The fraction of sp³-hybridized carbons (Fsp3) is 0.615. The molecule has 0 unspecified atom stereocenters. The Morgan fingerprint density at radius 2 is 0.591 bits per heavy atom. The first-order valence-electron chi connectivity index (χ1n) is 13.4. The van der Waals surface area contributed by atoms with Gasteiger partial charge in [-0.1, -0.05) is 0 Å². The highest BCUT2D eigenvalue weighted by Crippen LogP contribution is 2.56. The van der Waals surface area contributed by atoms with Gasteiger partial charge in [-0.15, -0.1) is 0 Å².